The van der Waals surface area contributed by atoms with Gasteiger partial charge in [-0.05, 0) is 51.3 Å². The number of hydrogen-bond acceptors (Lipinski definition) is 7. The van der Waals surface area contributed by atoms with Crippen molar-refractivity contribution in [1.29, 1.82) is 0 Å². The Balaban J connectivity index is 1.51. The molecule has 8 heteroatoms. The maximum absolute atomic E-state index is 5.72. The van der Waals surface area contributed by atoms with Gasteiger partial charge in [0, 0.05) is 6.54 Å². The Labute approximate surface area is 164 Å². The van der Waals surface area contributed by atoms with Crippen molar-refractivity contribution in [3.05, 3.63) is 48.4 Å². The van der Waals surface area contributed by atoms with E-state index in [1.807, 2.05) is 24.3 Å². The SMILES string of the molecule is CN(C)CCCN1CN=C2NC(c3ccco3)n3c(nc4ccccc43)N2C1. The molecule has 1 atom stereocenters. The summed E-state index contributed by atoms with van der Waals surface area (Å²) in [6, 6.07) is 12.1. The summed E-state index contributed by atoms with van der Waals surface area (Å²) >= 11 is 0. The van der Waals surface area contributed by atoms with Crippen LogP contribution in [-0.4, -0.2) is 65.8 Å². The summed E-state index contributed by atoms with van der Waals surface area (Å²) in [6.45, 7) is 3.54. The molecule has 0 amide bonds. The van der Waals surface area contributed by atoms with Crippen molar-refractivity contribution < 1.29 is 4.42 Å². The van der Waals surface area contributed by atoms with Crippen molar-refractivity contribution in [2.75, 3.05) is 45.4 Å². The highest BCUT2D eigenvalue weighted by atomic mass is 16.3. The largest absolute Gasteiger partial charge is 0.465 e. The molecule has 2 aromatic heterocycles. The van der Waals surface area contributed by atoms with Gasteiger partial charge in [0.25, 0.3) is 0 Å². The van der Waals surface area contributed by atoms with Crippen molar-refractivity contribution in [2.24, 2.45) is 4.99 Å². The molecule has 1 aromatic carbocycles. The van der Waals surface area contributed by atoms with E-state index in [-0.39, 0.29) is 6.17 Å². The van der Waals surface area contributed by atoms with Crippen LogP contribution in [0.15, 0.2) is 52.1 Å². The van der Waals surface area contributed by atoms with Crippen molar-refractivity contribution in [3.63, 3.8) is 0 Å². The number of para-hydroxylation sites is 2. The number of rotatable bonds is 5. The minimum atomic E-state index is -0.160. The lowest BCUT2D eigenvalue weighted by Gasteiger charge is -2.41. The standard InChI is InChI=1S/C20H25N7O/c1-24(2)10-6-11-25-13-21-19-23-18(17-9-5-12-28-17)27-16-8-4-3-7-15(16)22-20(27)26(19)14-25/h3-5,7-9,12,18H,6,10-11,13-14H2,1-2H3,(H,21,23). The molecule has 5 rings (SSSR count). The minimum Gasteiger partial charge on any atom is -0.465 e. The number of nitrogens with zero attached hydrogens (tertiary/aromatic N) is 6. The molecule has 0 aliphatic carbocycles. The van der Waals surface area contributed by atoms with Crippen molar-refractivity contribution in [1.82, 2.24) is 24.7 Å². The average Bonchev–Trinajstić information content (AvgIpc) is 3.35. The quantitative estimate of drug-likeness (QED) is 0.733. The first-order valence-electron chi connectivity index (χ1n) is 9.67. The molecule has 0 spiro atoms. The second-order valence-electron chi connectivity index (χ2n) is 7.58. The van der Waals surface area contributed by atoms with Crippen LogP contribution in [0.4, 0.5) is 5.95 Å². The Kier molecular flexibility index (Phi) is 4.29. The fourth-order valence-electron chi connectivity index (χ4n) is 3.91. The lowest BCUT2D eigenvalue weighted by molar-refractivity contribution is 0.252. The number of benzene rings is 1. The molecule has 4 heterocycles. The second kappa shape index (κ2) is 6.96. The number of nitrogens with one attached hydrogen (secondary N) is 1. The van der Waals surface area contributed by atoms with E-state index in [4.69, 9.17) is 14.4 Å². The van der Waals surface area contributed by atoms with E-state index in [1.165, 1.54) is 0 Å². The highest BCUT2D eigenvalue weighted by molar-refractivity contribution is 5.98. The van der Waals surface area contributed by atoms with Gasteiger partial charge in [0.1, 0.15) is 5.76 Å². The minimum absolute atomic E-state index is 0.160. The van der Waals surface area contributed by atoms with E-state index in [9.17, 15) is 0 Å². The lowest BCUT2D eigenvalue weighted by atomic mass is 10.2. The molecule has 1 unspecified atom stereocenters. The Hall–Kier alpha value is -2.84. The fourth-order valence-corrected chi connectivity index (χ4v) is 3.91. The molecule has 1 N–H and O–H groups in total. The van der Waals surface area contributed by atoms with E-state index < -0.39 is 0 Å². The van der Waals surface area contributed by atoms with Crippen LogP contribution in [-0.2, 0) is 0 Å². The first-order chi connectivity index (χ1) is 13.7. The van der Waals surface area contributed by atoms with E-state index >= 15 is 0 Å². The van der Waals surface area contributed by atoms with Crippen molar-refractivity contribution in [3.8, 4) is 0 Å². The number of anilines is 1. The van der Waals surface area contributed by atoms with Crippen LogP contribution in [0, 0.1) is 0 Å². The Morgan fingerprint density at radius 1 is 1.21 bits per heavy atom. The maximum atomic E-state index is 5.72. The molecule has 0 saturated heterocycles. The van der Waals surface area contributed by atoms with Gasteiger partial charge in [-0.1, -0.05) is 12.1 Å². The first kappa shape index (κ1) is 17.3. The van der Waals surface area contributed by atoms with Crippen LogP contribution < -0.4 is 10.2 Å². The molecule has 0 bridgehead atoms. The third-order valence-corrected chi connectivity index (χ3v) is 5.25. The van der Waals surface area contributed by atoms with E-state index in [1.54, 1.807) is 6.26 Å². The van der Waals surface area contributed by atoms with Gasteiger partial charge < -0.3 is 14.6 Å². The summed E-state index contributed by atoms with van der Waals surface area (Å²) in [7, 11) is 4.22. The smallest absolute Gasteiger partial charge is 0.216 e. The summed E-state index contributed by atoms with van der Waals surface area (Å²) in [5.41, 5.74) is 2.05. The summed E-state index contributed by atoms with van der Waals surface area (Å²) in [5.74, 6) is 2.60. The third-order valence-electron chi connectivity index (χ3n) is 5.25. The predicted octanol–water partition coefficient (Wildman–Crippen LogP) is 2.12. The number of aliphatic imine (C=N–C) groups is 1. The van der Waals surface area contributed by atoms with Crippen LogP contribution in [0.3, 0.4) is 0 Å². The number of fused-ring (bicyclic) bond motifs is 5. The third kappa shape index (κ3) is 2.94. The second-order valence-corrected chi connectivity index (χ2v) is 7.58. The molecular formula is C20H25N7O. The first-order valence-corrected chi connectivity index (χ1v) is 9.67. The van der Waals surface area contributed by atoms with Crippen molar-refractivity contribution in [2.45, 2.75) is 12.6 Å². The highest BCUT2D eigenvalue weighted by Gasteiger charge is 2.36. The van der Waals surface area contributed by atoms with Gasteiger partial charge in [-0.3, -0.25) is 14.4 Å². The number of imidazole rings is 1. The Bertz CT molecular complexity index is 991. The lowest BCUT2D eigenvalue weighted by Crippen LogP contribution is -2.57. The van der Waals surface area contributed by atoms with E-state index in [0.717, 1.165) is 54.9 Å². The van der Waals surface area contributed by atoms with Crippen LogP contribution in [0.5, 0.6) is 0 Å². The summed E-state index contributed by atoms with van der Waals surface area (Å²) in [6.07, 6.45) is 2.66. The number of aromatic nitrogens is 2. The van der Waals surface area contributed by atoms with Crippen LogP contribution >= 0.6 is 0 Å². The molecule has 2 aliphatic rings. The molecule has 0 saturated carbocycles. The topological polar surface area (TPSA) is 65.1 Å². The number of guanidine groups is 1. The molecular weight excluding hydrogens is 354 g/mol. The zero-order chi connectivity index (χ0) is 19.1. The van der Waals surface area contributed by atoms with Crippen LogP contribution in [0.2, 0.25) is 0 Å². The fraction of sp³-hybridized carbons (Fsp3) is 0.400. The zero-order valence-electron chi connectivity index (χ0n) is 16.2. The van der Waals surface area contributed by atoms with Gasteiger partial charge in [0.15, 0.2) is 6.17 Å². The molecule has 2 aliphatic heterocycles. The summed E-state index contributed by atoms with van der Waals surface area (Å²) in [4.78, 5) is 16.5. The number of hydrogen-bond donors (Lipinski definition) is 1. The Morgan fingerprint density at radius 2 is 2.11 bits per heavy atom. The monoisotopic (exact) mass is 379 g/mol. The maximum Gasteiger partial charge on any atom is 0.216 e. The highest BCUT2D eigenvalue weighted by Crippen LogP contribution is 2.33. The van der Waals surface area contributed by atoms with Gasteiger partial charge in [0.05, 0.1) is 30.6 Å². The van der Waals surface area contributed by atoms with Gasteiger partial charge in [-0.25, -0.2) is 9.98 Å². The predicted molar refractivity (Wildman–Crippen MR) is 109 cm³/mol. The van der Waals surface area contributed by atoms with Gasteiger partial charge in [0.2, 0.25) is 11.9 Å². The summed E-state index contributed by atoms with van der Waals surface area (Å²) < 4.78 is 7.93. The zero-order valence-corrected chi connectivity index (χ0v) is 16.2. The molecule has 0 fully saturated rings. The van der Waals surface area contributed by atoms with E-state index in [2.05, 4.69) is 50.8 Å². The van der Waals surface area contributed by atoms with Crippen molar-refractivity contribution >= 4 is 22.9 Å². The molecule has 28 heavy (non-hydrogen) atoms. The van der Waals surface area contributed by atoms with Crippen LogP contribution in [0.25, 0.3) is 11.0 Å². The van der Waals surface area contributed by atoms with Gasteiger partial charge in [-0.2, -0.15) is 0 Å². The normalized spacial score (nSPS) is 19.5. The molecule has 3 aromatic rings. The average molecular weight is 379 g/mol. The molecule has 146 valence electrons. The van der Waals surface area contributed by atoms with Gasteiger partial charge >= 0.3 is 0 Å². The van der Waals surface area contributed by atoms with E-state index in [0.29, 0.717) is 6.67 Å². The number of furan rings is 1. The summed E-state index contributed by atoms with van der Waals surface area (Å²) in [5, 5.41) is 3.56. The molecule has 8 nitrogen and oxygen atoms in total. The van der Waals surface area contributed by atoms with Crippen LogP contribution in [0.1, 0.15) is 18.3 Å². The Morgan fingerprint density at radius 3 is 2.93 bits per heavy atom. The molecule has 0 radical (unpaired) electrons. The van der Waals surface area contributed by atoms with Gasteiger partial charge in [-0.15, -0.1) is 0 Å².